The molecule has 0 spiro atoms. The lowest BCUT2D eigenvalue weighted by atomic mass is 10.2. The second-order valence-electron chi connectivity index (χ2n) is 3.44. The van der Waals surface area contributed by atoms with Crippen molar-refractivity contribution in [3.8, 4) is 0 Å². The van der Waals surface area contributed by atoms with Crippen LogP contribution in [0.1, 0.15) is 18.4 Å². The first-order chi connectivity index (χ1) is 6.83. The predicted octanol–water partition coefficient (Wildman–Crippen LogP) is 2.56. The van der Waals surface area contributed by atoms with Gasteiger partial charge >= 0.3 is 0 Å². The maximum absolute atomic E-state index is 13.7. The third kappa shape index (κ3) is 1.69. The van der Waals surface area contributed by atoms with E-state index < -0.39 is 0 Å². The van der Waals surface area contributed by atoms with E-state index in [-0.39, 0.29) is 11.7 Å². The van der Waals surface area contributed by atoms with Crippen molar-refractivity contribution < 1.29 is 4.39 Å². The Bertz CT molecular complexity index is 324. The number of anilines is 1. The molecule has 0 atom stereocenters. The zero-order chi connectivity index (χ0) is 9.97. The summed E-state index contributed by atoms with van der Waals surface area (Å²) in [4.78, 5) is 6.04. The predicted molar refractivity (Wildman–Crippen MR) is 55.2 cm³/mol. The van der Waals surface area contributed by atoms with E-state index in [1.54, 1.807) is 12.3 Å². The molecule has 0 N–H and O–H groups in total. The molecule has 1 aromatic heterocycles. The molecule has 1 aromatic rings. The maximum atomic E-state index is 13.7. The van der Waals surface area contributed by atoms with Crippen molar-refractivity contribution in [2.24, 2.45) is 0 Å². The highest BCUT2D eigenvalue weighted by Crippen LogP contribution is 2.23. The summed E-state index contributed by atoms with van der Waals surface area (Å²) in [6.07, 6.45) is 3.85. The smallest absolute Gasteiger partial charge is 0.170 e. The molecule has 0 unspecified atom stereocenters. The topological polar surface area (TPSA) is 16.1 Å². The van der Waals surface area contributed by atoms with Crippen LogP contribution < -0.4 is 4.90 Å². The van der Waals surface area contributed by atoms with Gasteiger partial charge in [-0.2, -0.15) is 0 Å². The molecule has 4 heteroatoms. The van der Waals surface area contributed by atoms with Crippen LogP contribution in [0.2, 0.25) is 0 Å². The number of hydrogen-bond donors (Lipinski definition) is 0. The summed E-state index contributed by atoms with van der Waals surface area (Å²) in [6, 6.07) is 1.63. The molecule has 14 heavy (non-hydrogen) atoms. The van der Waals surface area contributed by atoms with Gasteiger partial charge in [0.15, 0.2) is 11.6 Å². The summed E-state index contributed by atoms with van der Waals surface area (Å²) in [5.74, 6) is 0.403. The number of aromatic nitrogens is 1. The van der Waals surface area contributed by atoms with Crippen LogP contribution in [0, 0.1) is 5.82 Å². The minimum atomic E-state index is -0.260. The van der Waals surface area contributed by atoms with Gasteiger partial charge in [0.2, 0.25) is 0 Å². The molecule has 1 fully saturated rings. The van der Waals surface area contributed by atoms with Crippen molar-refractivity contribution >= 4 is 17.4 Å². The van der Waals surface area contributed by atoms with Crippen molar-refractivity contribution in [1.82, 2.24) is 4.98 Å². The molecule has 0 aromatic carbocycles. The number of halogens is 2. The molecule has 2 heterocycles. The molecule has 0 saturated carbocycles. The Morgan fingerprint density at radius 1 is 1.43 bits per heavy atom. The highest BCUT2D eigenvalue weighted by Gasteiger charge is 2.18. The molecule has 1 saturated heterocycles. The normalized spacial score (nSPS) is 16.3. The van der Waals surface area contributed by atoms with Gasteiger partial charge in [0.25, 0.3) is 0 Å². The van der Waals surface area contributed by atoms with Gasteiger partial charge in [-0.25, -0.2) is 9.37 Å². The van der Waals surface area contributed by atoms with Crippen LogP contribution in [0.15, 0.2) is 12.3 Å². The van der Waals surface area contributed by atoms with Crippen LogP contribution >= 0.6 is 11.6 Å². The Hall–Kier alpha value is -0.830. The fourth-order valence-electron chi connectivity index (χ4n) is 1.72. The lowest BCUT2D eigenvalue weighted by Crippen LogP contribution is -2.20. The molecule has 0 radical (unpaired) electrons. The number of alkyl halides is 1. The molecule has 0 aliphatic carbocycles. The molecule has 0 bridgehead atoms. The van der Waals surface area contributed by atoms with Gasteiger partial charge in [0.05, 0.1) is 5.88 Å². The van der Waals surface area contributed by atoms with E-state index >= 15 is 0 Å². The first-order valence-corrected chi connectivity index (χ1v) is 5.30. The van der Waals surface area contributed by atoms with Gasteiger partial charge in [-0.1, -0.05) is 0 Å². The average Bonchev–Trinajstić information content (AvgIpc) is 2.71. The van der Waals surface area contributed by atoms with Gasteiger partial charge in [-0.05, 0) is 18.9 Å². The Labute approximate surface area is 87.7 Å². The summed E-state index contributed by atoms with van der Waals surface area (Å²) in [5, 5.41) is 0. The average molecular weight is 215 g/mol. The summed E-state index contributed by atoms with van der Waals surface area (Å²) in [7, 11) is 0. The number of hydrogen-bond acceptors (Lipinski definition) is 2. The van der Waals surface area contributed by atoms with Crippen molar-refractivity contribution in [1.29, 1.82) is 0 Å². The summed E-state index contributed by atoms with van der Waals surface area (Å²) >= 11 is 5.62. The molecule has 0 amide bonds. The zero-order valence-corrected chi connectivity index (χ0v) is 8.60. The first-order valence-electron chi connectivity index (χ1n) is 4.77. The standard InChI is InChI=1S/C10H12ClFN2/c11-7-8-3-4-13-10(9(8)12)14-5-1-2-6-14/h3-4H,1-2,5-7H2. The Kier molecular flexibility index (Phi) is 2.87. The van der Waals surface area contributed by atoms with Gasteiger partial charge in [0.1, 0.15) is 0 Å². The first kappa shape index (κ1) is 9.71. The largest absolute Gasteiger partial charge is 0.354 e. The second-order valence-corrected chi connectivity index (χ2v) is 3.70. The quantitative estimate of drug-likeness (QED) is 0.704. The van der Waals surface area contributed by atoms with Gasteiger partial charge < -0.3 is 4.90 Å². The fourth-order valence-corrected chi connectivity index (χ4v) is 1.93. The van der Waals surface area contributed by atoms with Gasteiger partial charge in [0, 0.05) is 24.8 Å². The van der Waals surface area contributed by atoms with Crippen molar-refractivity contribution in [2.45, 2.75) is 18.7 Å². The minimum Gasteiger partial charge on any atom is -0.354 e. The van der Waals surface area contributed by atoms with E-state index in [0.29, 0.717) is 11.4 Å². The van der Waals surface area contributed by atoms with Gasteiger partial charge in [-0.15, -0.1) is 11.6 Å². The summed E-state index contributed by atoms with van der Waals surface area (Å²) < 4.78 is 13.7. The van der Waals surface area contributed by atoms with Crippen LogP contribution in [0.5, 0.6) is 0 Å². The molecular formula is C10H12ClFN2. The Balaban J connectivity index is 2.32. The Morgan fingerprint density at radius 2 is 2.14 bits per heavy atom. The third-order valence-electron chi connectivity index (χ3n) is 2.50. The molecular weight excluding hydrogens is 203 g/mol. The number of nitrogens with zero attached hydrogens (tertiary/aromatic N) is 2. The third-order valence-corrected chi connectivity index (χ3v) is 2.79. The molecule has 1 aliphatic rings. The van der Waals surface area contributed by atoms with Crippen molar-refractivity contribution in [3.63, 3.8) is 0 Å². The monoisotopic (exact) mass is 214 g/mol. The minimum absolute atomic E-state index is 0.204. The lowest BCUT2D eigenvalue weighted by molar-refractivity contribution is 0.605. The van der Waals surface area contributed by atoms with Crippen molar-refractivity contribution in [2.75, 3.05) is 18.0 Å². The molecule has 1 aliphatic heterocycles. The Morgan fingerprint density at radius 3 is 2.79 bits per heavy atom. The molecule has 2 rings (SSSR count). The molecule has 2 nitrogen and oxygen atoms in total. The van der Waals surface area contributed by atoms with E-state index in [1.165, 1.54) is 0 Å². The van der Waals surface area contributed by atoms with E-state index in [4.69, 9.17) is 11.6 Å². The van der Waals surface area contributed by atoms with E-state index in [9.17, 15) is 4.39 Å². The number of pyridine rings is 1. The van der Waals surface area contributed by atoms with Crippen LogP contribution in [0.25, 0.3) is 0 Å². The summed E-state index contributed by atoms with van der Waals surface area (Å²) in [6.45, 7) is 1.80. The molecule has 76 valence electrons. The van der Waals surface area contributed by atoms with E-state index in [1.807, 2.05) is 4.90 Å². The van der Waals surface area contributed by atoms with Crippen LogP contribution in [0.3, 0.4) is 0 Å². The van der Waals surface area contributed by atoms with Crippen LogP contribution in [-0.2, 0) is 5.88 Å². The second kappa shape index (κ2) is 4.13. The van der Waals surface area contributed by atoms with Crippen LogP contribution in [0.4, 0.5) is 10.2 Å². The van der Waals surface area contributed by atoms with E-state index in [2.05, 4.69) is 4.98 Å². The lowest BCUT2D eigenvalue weighted by Gasteiger charge is -2.17. The van der Waals surface area contributed by atoms with Gasteiger partial charge in [-0.3, -0.25) is 0 Å². The van der Waals surface area contributed by atoms with E-state index in [0.717, 1.165) is 25.9 Å². The zero-order valence-electron chi connectivity index (χ0n) is 7.84. The fraction of sp³-hybridized carbons (Fsp3) is 0.500. The highest BCUT2D eigenvalue weighted by atomic mass is 35.5. The van der Waals surface area contributed by atoms with Crippen LogP contribution in [-0.4, -0.2) is 18.1 Å². The SMILES string of the molecule is Fc1c(CCl)ccnc1N1CCCC1. The maximum Gasteiger partial charge on any atom is 0.170 e. The summed E-state index contributed by atoms with van der Waals surface area (Å²) in [5.41, 5.74) is 0.531. The highest BCUT2D eigenvalue weighted by molar-refractivity contribution is 6.17. The van der Waals surface area contributed by atoms with Crippen molar-refractivity contribution in [3.05, 3.63) is 23.6 Å². The number of rotatable bonds is 2.